The summed E-state index contributed by atoms with van der Waals surface area (Å²) < 4.78 is 0. The van der Waals surface area contributed by atoms with Gasteiger partial charge in [-0.1, -0.05) is 0 Å². The fraction of sp³-hybridized carbons (Fsp3) is 0.300. The minimum atomic E-state index is -0.600. The van der Waals surface area contributed by atoms with Gasteiger partial charge in [0.2, 0.25) is 5.91 Å². The Morgan fingerprint density at radius 3 is 2.00 bits per heavy atom. The summed E-state index contributed by atoms with van der Waals surface area (Å²) in [6.45, 7) is 3.13. The molecule has 88 valence electrons. The highest BCUT2D eigenvalue weighted by molar-refractivity contribution is 6.12. The molecule has 0 bridgehead atoms. The van der Waals surface area contributed by atoms with Gasteiger partial charge in [0.1, 0.15) is 0 Å². The molecule has 3 amide bonds. The van der Waals surface area contributed by atoms with Crippen LogP contribution in [0.3, 0.4) is 0 Å². The van der Waals surface area contributed by atoms with Gasteiger partial charge < -0.3 is 10.8 Å². The van der Waals surface area contributed by atoms with Crippen LogP contribution in [0.1, 0.15) is 13.8 Å². The molecular weight excluding hydrogens is 212 g/mol. The fourth-order valence-corrected chi connectivity index (χ4v) is 0.800. The zero-order valence-electron chi connectivity index (χ0n) is 9.06. The minimum absolute atomic E-state index is 0.329. The number of rotatable bonds is 2. The molecule has 1 heterocycles. The molecule has 0 saturated carbocycles. The number of nitrogens with two attached hydrogens (primary N) is 1. The van der Waals surface area contributed by atoms with Crippen LogP contribution in [0.2, 0.25) is 0 Å². The zero-order valence-corrected chi connectivity index (χ0v) is 9.06. The van der Waals surface area contributed by atoms with Crippen LogP contribution >= 0.6 is 0 Å². The molecule has 1 rings (SSSR count). The van der Waals surface area contributed by atoms with Crippen LogP contribution in [0.5, 0.6) is 0 Å². The van der Waals surface area contributed by atoms with E-state index in [9.17, 15) is 14.4 Å². The van der Waals surface area contributed by atoms with Crippen LogP contribution < -0.4 is 11.1 Å². The van der Waals surface area contributed by atoms with Gasteiger partial charge in [-0.3, -0.25) is 19.7 Å². The molecule has 0 aromatic rings. The monoisotopic (exact) mass is 226 g/mol. The van der Waals surface area contributed by atoms with Gasteiger partial charge in [0.25, 0.3) is 11.8 Å². The first-order valence-electron chi connectivity index (χ1n) is 4.52. The number of aliphatic hydroxyl groups excluding tert-OH is 1. The summed E-state index contributed by atoms with van der Waals surface area (Å²) >= 11 is 0. The molecule has 6 heteroatoms. The van der Waals surface area contributed by atoms with E-state index in [1.807, 2.05) is 5.32 Å². The van der Waals surface area contributed by atoms with Crippen molar-refractivity contribution in [3.63, 3.8) is 0 Å². The van der Waals surface area contributed by atoms with Gasteiger partial charge in [0, 0.05) is 17.7 Å². The highest BCUT2D eigenvalue weighted by atomic mass is 16.3. The predicted molar refractivity (Wildman–Crippen MR) is 56.9 cm³/mol. The van der Waals surface area contributed by atoms with E-state index in [2.05, 4.69) is 0 Å². The van der Waals surface area contributed by atoms with E-state index < -0.39 is 12.0 Å². The van der Waals surface area contributed by atoms with Crippen molar-refractivity contribution in [1.29, 1.82) is 0 Å². The molecule has 6 nitrogen and oxygen atoms in total. The van der Waals surface area contributed by atoms with Crippen LogP contribution in [0.15, 0.2) is 23.8 Å². The fourth-order valence-electron chi connectivity index (χ4n) is 0.800. The van der Waals surface area contributed by atoms with Crippen LogP contribution in [0.4, 0.5) is 0 Å². The average molecular weight is 226 g/mol. The summed E-state index contributed by atoms with van der Waals surface area (Å²) in [5.74, 6) is -1.15. The number of primary amides is 1. The Balaban J connectivity index is 0.000000288. The van der Waals surface area contributed by atoms with E-state index in [-0.39, 0.29) is 11.8 Å². The number of hydrogen-bond acceptors (Lipinski definition) is 4. The molecule has 16 heavy (non-hydrogen) atoms. The van der Waals surface area contributed by atoms with Crippen molar-refractivity contribution < 1.29 is 19.5 Å². The van der Waals surface area contributed by atoms with Gasteiger partial charge in [0.05, 0.1) is 6.10 Å². The van der Waals surface area contributed by atoms with Crippen molar-refractivity contribution in [1.82, 2.24) is 5.32 Å². The Morgan fingerprint density at radius 2 is 1.88 bits per heavy atom. The van der Waals surface area contributed by atoms with Gasteiger partial charge >= 0.3 is 0 Å². The summed E-state index contributed by atoms with van der Waals surface area (Å²) in [7, 11) is 0. The third kappa shape index (κ3) is 6.50. The molecule has 1 unspecified atom stereocenters. The second-order valence-electron chi connectivity index (χ2n) is 3.14. The molecule has 1 aliphatic heterocycles. The van der Waals surface area contributed by atoms with E-state index >= 15 is 0 Å². The van der Waals surface area contributed by atoms with Gasteiger partial charge in [-0.05, 0) is 19.9 Å². The maximum absolute atomic E-state index is 10.3. The maximum atomic E-state index is 10.3. The maximum Gasteiger partial charge on any atom is 0.250 e. The lowest BCUT2D eigenvalue weighted by Crippen LogP contribution is -2.19. The van der Waals surface area contributed by atoms with E-state index in [4.69, 9.17) is 10.8 Å². The first-order chi connectivity index (χ1) is 7.32. The molecule has 0 saturated heterocycles. The Bertz CT molecular complexity index is 340. The summed E-state index contributed by atoms with van der Waals surface area (Å²) in [4.78, 5) is 30.3. The van der Waals surface area contributed by atoms with E-state index in [1.54, 1.807) is 13.8 Å². The molecule has 0 aliphatic carbocycles. The number of aliphatic hydroxyl groups is 1. The van der Waals surface area contributed by atoms with Crippen molar-refractivity contribution >= 4 is 17.7 Å². The van der Waals surface area contributed by atoms with Crippen LogP contribution in [-0.2, 0) is 14.4 Å². The molecule has 1 atom stereocenters. The number of carbonyl (C=O) groups excluding carboxylic acids is 3. The molecule has 4 N–H and O–H groups in total. The van der Waals surface area contributed by atoms with E-state index in [1.165, 1.54) is 18.2 Å². The number of imide groups is 1. The summed E-state index contributed by atoms with van der Waals surface area (Å²) in [5, 5.41) is 10.7. The topological polar surface area (TPSA) is 109 Å². The quantitative estimate of drug-likeness (QED) is 0.414. The van der Waals surface area contributed by atoms with Crippen LogP contribution in [-0.4, -0.2) is 28.9 Å². The predicted octanol–water partition coefficient (Wildman–Crippen LogP) is -1.00. The van der Waals surface area contributed by atoms with Crippen molar-refractivity contribution in [2.45, 2.75) is 20.0 Å². The molecule has 0 radical (unpaired) electrons. The average Bonchev–Trinajstić information content (AvgIpc) is 2.49. The second-order valence-corrected chi connectivity index (χ2v) is 3.14. The highest BCUT2D eigenvalue weighted by Crippen LogP contribution is 1.92. The summed E-state index contributed by atoms with van der Waals surface area (Å²) in [5.41, 5.74) is 5.26. The SMILES string of the molecule is CC(=CC(C)O)C(N)=O.O=C1C=CC(=O)N1. The first-order valence-corrected chi connectivity index (χ1v) is 4.52. The first kappa shape index (κ1) is 14.1. The second kappa shape index (κ2) is 6.52. The molecule has 0 fully saturated rings. The smallest absolute Gasteiger partial charge is 0.250 e. The van der Waals surface area contributed by atoms with Crippen molar-refractivity contribution in [2.75, 3.05) is 0 Å². The number of hydrogen-bond donors (Lipinski definition) is 3. The van der Waals surface area contributed by atoms with Crippen molar-refractivity contribution in [3.8, 4) is 0 Å². The van der Waals surface area contributed by atoms with Crippen LogP contribution in [0.25, 0.3) is 0 Å². The Hall–Kier alpha value is -1.95. The Kier molecular flexibility index (Phi) is 5.72. The molecule has 0 spiro atoms. The van der Waals surface area contributed by atoms with Crippen molar-refractivity contribution in [3.05, 3.63) is 23.8 Å². The Labute approximate surface area is 92.8 Å². The van der Waals surface area contributed by atoms with Gasteiger partial charge in [0.15, 0.2) is 0 Å². The number of carbonyl (C=O) groups is 3. The minimum Gasteiger partial charge on any atom is -0.389 e. The summed E-state index contributed by atoms with van der Waals surface area (Å²) in [6.07, 6.45) is 3.20. The summed E-state index contributed by atoms with van der Waals surface area (Å²) in [6, 6.07) is 0. The van der Waals surface area contributed by atoms with Gasteiger partial charge in [-0.15, -0.1) is 0 Å². The third-order valence-corrected chi connectivity index (χ3v) is 1.51. The molecule has 0 aromatic carbocycles. The number of amides is 3. The lowest BCUT2D eigenvalue weighted by atomic mass is 10.2. The van der Waals surface area contributed by atoms with E-state index in [0.29, 0.717) is 5.57 Å². The molecule has 0 aromatic heterocycles. The largest absolute Gasteiger partial charge is 0.389 e. The molecule has 1 aliphatic rings. The normalized spacial score (nSPS) is 16.3. The van der Waals surface area contributed by atoms with Crippen LogP contribution in [0, 0.1) is 0 Å². The molecular formula is C10H14N2O4. The lowest BCUT2D eigenvalue weighted by Gasteiger charge is -1.95. The van der Waals surface area contributed by atoms with E-state index in [0.717, 1.165) is 0 Å². The standard InChI is InChI=1S/C6H11NO2.C4H3NO2/c1-4(6(7)9)3-5(2)8;6-3-1-2-4(7)5-3/h3,5,8H,1-2H3,(H2,7,9);1-2H,(H,5,6,7). The van der Waals surface area contributed by atoms with Crippen molar-refractivity contribution in [2.24, 2.45) is 5.73 Å². The zero-order chi connectivity index (χ0) is 12.7. The third-order valence-electron chi connectivity index (χ3n) is 1.51. The lowest BCUT2D eigenvalue weighted by molar-refractivity contribution is -0.123. The highest BCUT2D eigenvalue weighted by Gasteiger charge is 2.06. The number of nitrogens with one attached hydrogen (secondary N) is 1. The van der Waals surface area contributed by atoms with Gasteiger partial charge in [-0.2, -0.15) is 0 Å². The van der Waals surface area contributed by atoms with Gasteiger partial charge in [-0.25, -0.2) is 0 Å². The Morgan fingerprint density at radius 1 is 1.44 bits per heavy atom.